The molecule has 0 amide bonds. The molecule has 1 heterocycles. The lowest BCUT2D eigenvalue weighted by Gasteiger charge is -2.05. The summed E-state index contributed by atoms with van der Waals surface area (Å²) in [6.45, 7) is 2.50. The fourth-order valence-electron chi connectivity index (χ4n) is 1.78. The Bertz CT molecular complexity index is 623. The molecule has 0 radical (unpaired) electrons. The average molecular weight is 266 g/mol. The first-order valence-electron chi connectivity index (χ1n) is 5.73. The van der Waals surface area contributed by atoms with E-state index in [0.29, 0.717) is 12.1 Å². The van der Waals surface area contributed by atoms with Crippen molar-refractivity contribution in [3.63, 3.8) is 0 Å². The van der Waals surface area contributed by atoms with E-state index in [4.69, 9.17) is 5.11 Å². The molecule has 0 unspecified atom stereocenters. The summed E-state index contributed by atoms with van der Waals surface area (Å²) in [5.74, 6) is -2.60. The van der Waals surface area contributed by atoms with Gasteiger partial charge in [-0.15, -0.1) is 0 Å². The molecule has 0 fully saturated rings. The summed E-state index contributed by atoms with van der Waals surface area (Å²) in [4.78, 5) is 10.5. The lowest BCUT2D eigenvalue weighted by atomic mass is 10.0. The van der Waals surface area contributed by atoms with Gasteiger partial charge < -0.3 is 5.11 Å². The van der Waals surface area contributed by atoms with E-state index < -0.39 is 24.0 Å². The molecule has 0 saturated heterocycles. The summed E-state index contributed by atoms with van der Waals surface area (Å²) in [7, 11) is 0. The molecule has 1 N–H and O–H groups in total. The molecule has 1 aromatic heterocycles. The highest BCUT2D eigenvalue weighted by molar-refractivity contribution is 5.71. The van der Waals surface area contributed by atoms with Crippen LogP contribution in [-0.2, 0) is 17.8 Å². The summed E-state index contributed by atoms with van der Waals surface area (Å²) >= 11 is 0. The second-order valence-electron chi connectivity index (χ2n) is 4.08. The number of carboxylic acid groups (broad SMARTS) is 1. The van der Waals surface area contributed by atoms with Crippen LogP contribution in [0, 0.1) is 11.6 Å². The molecule has 0 aliphatic heterocycles. The van der Waals surface area contributed by atoms with Gasteiger partial charge in [-0.05, 0) is 19.1 Å². The Morgan fingerprint density at radius 2 is 2.11 bits per heavy atom. The predicted octanol–water partition coefficient (Wildman–Crippen LogP) is 2.48. The highest BCUT2D eigenvalue weighted by Crippen LogP contribution is 2.25. The highest BCUT2D eigenvalue weighted by atomic mass is 19.1. The van der Waals surface area contributed by atoms with Crippen molar-refractivity contribution in [2.45, 2.75) is 19.9 Å². The first-order valence-corrected chi connectivity index (χ1v) is 5.73. The van der Waals surface area contributed by atoms with E-state index in [1.54, 1.807) is 10.9 Å². The Morgan fingerprint density at radius 1 is 1.37 bits per heavy atom. The fraction of sp³-hybridized carbons (Fsp3) is 0.231. The number of aliphatic carboxylic acids is 1. The van der Waals surface area contributed by atoms with E-state index in [0.717, 1.165) is 12.1 Å². The molecule has 0 aliphatic rings. The van der Waals surface area contributed by atoms with Gasteiger partial charge in [0, 0.05) is 29.4 Å². The number of rotatable bonds is 4. The zero-order chi connectivity index (χ0) is 14.0. The lowest BCUT2D eigenvalue weighted by Crippen LogP contribution is -2.03. The van der Waals surface area contributed by atoms with Gasteiger partial charge in [0.1, 0.15) is 11.6 Å². The number of carbonyl (C=O) groups is 1. The monoisotopic (exact) mass is 266 g/mol. The van der Waals surface area contributed by atoms with Gasteiger partial charge in [-0.3, -0.25) is 9.48 Å². The van der Waals surface area contributed by atoms with Crippen LogP contribution in [-0.4, -0.2) is 20.9 Å². The quantitative estimate of drug-likeness (QED) is 0.924. The van der Waals surface area contributed by atoms with Crippen LogP contribution < -0.4 is 0 Å². The number of benzene rings is 1. The Labute approximate surface area is 108 Å². The maximum Gasteiger partial charge on any atom is 0.307 e. The number of aryl methyl sites for hydroxylation is 1. The molecule has 2 rings (SSSR count). The van der Waals surface area contributed by atoms with Crippen molar-refractivity contribution in [3.05, 3.63) is 41.7 Å². The fourth-order valence-corrected chi connectivity index (χ4v) is 1.78. The predicted molar refractivity (Wildman–Crippen MR) is 64.6 cm³/mol. The Balaban J connectivity index is 2.42. The van der Waals surface area contributed by atoms with Crippen LogP contribution in [0.3, 0.4) is 0 Å². The topological polar surface area (TPSA) is 55.1 Å². The third kappa shape index (κ3) is 2.78. The molecule has 0 aliphatic carbocycles. The number of hydrogen-bond donors (Lipinski definition) is 1. The second-order valence-corrected chi connectivity index (χ2v) is 4.08. The molecule has 19 heavy (non-hydrogen) atoms. The van der Waals surface area contributed by atoms with Gasteiger partial charge in [-0.25, -0.2) is 8.78 Å². The third-order valence-corrected chi connectivity index (χ3v) is 2.75. The largest absolute Gasteiger partial charge is 0.481 e. The van der Waals surface area contributed by atoms with E-state index in [9.17, 15) is 13.6 Å². The summed E-state index contributed by atoms with van der Waals surface area (Å²) < 4.78 is 29.2. The smallest absolute Gasteiger partial charge is 0.307 e. The highest BCUT2D eigenvalue weighted by Gasteiger charge is 2.14. The third-order valence-electron chi connectivity index (χ3n) is 2.75. The van der Waals surface area contributed by atoms with Crippen molar-refractivity contribution in [2.24, 2.45) is 0 Å². The molecule has 0 atom stereocenters. The van der Waals surface area contributed by atoms with Crippen LogP contribution in [0.15, 0.2) is 24.5 Å². The first-order chi connectivity index (χ1) is 9.01. The van der Waals surface area contributed by atoms with Crippen molar-refractivity contribution in [2.75, 3.05) is 0 Å². The van der Waals surface area contributed by atoms with Crippen LogP contribution in [0.5, 0.6) is 0 Å². The molecule has 6 heteroatoms. The van der Waals surface area contributed by atoms with E-state index in [-0.39, 0.29) is 11.1 Å². The molecular formula is C13H12F2N2O2. The Kier molecular flexibility index (Phi) is 3.59. The zero-order valence-corrected chi connectivity index (χ0v) is 10.2. The van der Waals surface area contributed by atoms with Crippen LogP contribution in [0.2, 0.25) is 0 Å². The zero-order valence-electron chi connectivity index (χ0n) is 10.2. The SMILES string of the molecule is CCn1cc(-c2cc(F)c(CC(=O)O)cc2F)cn1. The van der Waals surface area contributed by atoms with Gasteiger partial charge in [-0.2, -0.15) is 5.10 Å². The molecular weight excluding hydrogens is 254 g/mol. The lowest BCUT2D eigenvalue weighted by molar-refractivity contribution is -0.136. The summed E-state index contributed by atoms with van der Waals surface area (Å²) in [5.41, 5.74) is 0.364. The van der Waals surface area contributed by atoms with E-state index in [1.165, 1.54) is 6.20 Å². The van der Waals surface area contributed by atoms with Crippen LogP contribution in [0.1, 0.15) is 12.5 Å². The van der Waals surface area contributed by atoms with Crippen LogP contribution in [0.25, 0.3) is 11.1 Å². The van der Waals surface area contributed by atoms with Gasteiger partial charge in [0.15, 0.2) is 0 Å². The molecule has 0 saturated carbocycles. The van der Waals surface area contributed by atoms with Gasteiger partial charge in [0.05, 0.1) is 12.6 Å². The van der Waals surface area contributed by atoms with E-state index in [1.807, 2.05) is 6.92 Å². The van der Waals surface area contributed by atoms with E-state index >= 15 is 0 Å². The minimum atomic E-state index is -1.20. The van der Waals surface area contributed by atoms with Gasteiger partial charge >= 0.3 is 5.97 Å². The number of hydrogen-bond acceptors (Lipinski definition) is 2. The van der Waals surface area contributed by atoms with Crippen molar-refractivity contribution in [3.8, 4) is 11.1 Å². The van der Waals surface area contributed by atoms with Gasteiger partial charge in [0.2, 0.25) is 0 Å². The van der Waals surface area contributed by atoms with Crippen LogP contribution in [0.4, 0.5) is 8.78 Å². The first kappa shape index (κ1) is 13.2. The molecule has 2 aromatic rings. The van der Waals surface area contributed by atoms with Crippen molar-refractivity contribution < 1.29 is 18.7 Å². The summed E-state index contributed by atoms with van der Waals surface area (Å²) in [6, 6.07) is 1.92. The van der Waals surface area contributed by atoms with Crippen LogP contribution >= 0.6 is 0 Å². The minimum absolute atomic E-state index is 0.0753. The van der Waals surface area contributed by atoms with Gasteiger partial charge in [0.25, 0.3) is 0 Å². The van der Waals surface area contributed by atoms with Crippen molar-refractivity contribution >= 4 is 5.97 Å². The average Bonchev–Trinajstić information content (AvgIpc) is 2.81. The number of halogens is 2. The maximum absolute atomic E-state index is 13.9. The molecule has 4 nitrogen and oxygen atoms in total. The number of aromatic nitrogens is 2. The molecule has 100 valence electrons. The summed E-state index contributed by atoms with van der Waals surface area (Å²) in [6.07, 6.45) is 2.50. The Morgan fingerprint density at radius 3 is 2.68 bits per heavy atom. The van der Waals surface area contributed by atoms with Gasteiger partial charge in [-0.1, -0.05) is 0 Å². The van der Waals surface area contributed by atoms with E-state index in [2.05, 4.69) is 5.10 Å². The maximum atomic E-state index is 13.9. The summed E-state index contributed by atoms with van der Waals surface area (Å²) in [5, 5.41) is 12.6. The molecule has 0 spiro atoms. The standard InChI is InChI=1S/C13H12F2N2O2/c1-2-17-7-9(6-16-17)10-5-11(14)8(3-12(10)15)4-13(18)19/h3,5-7H,2,4H2,1H3,(H,18,19). The normalized spacial score (nSPS) is 10.7. The second kappa shape index (κ2) is 5.17. The minimum Gasteiger partial charge on any atom is -0.481 e. The van der Waals surface area contributed by atoms with Crippen molar-refractivity contribution in [1.29, 1.82) is 0 Å². The molecule has 0 bridgehead atoms. The number of carboxylic acids is 1. The molecule has 1 aromatic carbocycles. The number of nitrogens with zero attached hydrogens (tertiary/aromatic N) is 2. The Hall–Kier alpha value is -2.24. The van der Waals surface area contributed by atoms with Crippen molar-refractivity contribution in [1.82, 2.24) is 9.78 Å².